The molecule has 0 amide bonds. The highest BCUT2D eigenvalue weighted by Crippen LogP contribution is 2.37. The largest absolute Gasteiger partial charge is 0.507 e. The molecule has 1 nitrogen and oxygen atoms in total. The molecule has 0 fully saturated rings. The zero-order valence-electron chi connectivity index (χ0n) is 9.90. The molecule has 0 saturated carbocycles. The van der Waals surface area contributed by atoms with Gasteiger partial charge >= 0.3 is 0 Å². The summed E-state index contributed by atoms with van der Waals surface area (Å²) in [6.07, 6.45) is 0. The maximum Gasteiger partial charge on any atom is 0.145 e. The number of benzene rings is 3. The monoisotopic (exact) mass is 272 g/mol. The van der Waals surface area contributed by atoms with E-state index < -0.39 is 5.82 Å². The van der Waals surface area contributed by atoms with E-state index in [1.165, 1.54) is 6.07 Å². The lowest BCUT2D eigenvalue weighted by atomic mass is 9.97. The Kier molecular flexibility index (Phi) is 2.88. The van der Waals surface area contributed by atoms with Crippen LogP contribution in [0, 0.1) is 5.82 Å². The van der Waals surface area contributed by atoms with Crippen molar-refractivity contribution < 1.29 is 9.50 Å². The first kappa shape index (κ1) is 12.0. The number of hydrogen-bond donors (Lipinski definition) is 1. The third-order valence-electron chi connectivity index (χ3n) is 3.12. The van der Waals surface area contributed by atoms with Crippen molar-refractivity contribution in [3.63, 3.8) is 0 Å². The molecule has 3 aromatic rings. The fourth-order valence-corrected chi connectivity index (χ4v) is 2.38. The summed E-state index contributed by atoms with van der Waals surface area (Å²) < 4.78 is 13.3. The summed E-state index contributed by atoms with van der Waals surface area (Å²) in [5.41, 5.74) is 1.36. The molecule has 0 bridgehead atoms. The van der Waals surface area contributed by atoms with Crippen molar-refractivity contribution in [1.82, 2.24) is 0 Å². The number of hydrogen-bond acceptors (Lipinski definition) is 1. The van der Waals surface area contributed by atoms with Crippen molar-refractivity contribution in [2.75, 3.05) is 0 Å². The summed E-state index contributed by atoms with van der Waals surface area (Å²) in [6.45, 7) is 0. The third kappa shape index (κ3) is 2.04. The average Bonchev–Trinajstić information content (AvgIpc) is 2.42. The van der Waals surface area contributed by atoms with E-state index in [1.807, 2.05) is 42.5 Å². The van der Waals surface area contributed by atoms with Gasteiger partial charge in [0.2, 0.25) is 0 Å². The molecule has 3 aromatic carbocycles. The minimum absolute atomic E-state index is 0.000680. The van der Waals surface area contributed by atoms with Gasteiger partial charge in [-0.1, -0.05) is 54.1 Å². The van der Waals surface area contributed by atoms with Gasteiger partial charge in [0, 0.05) is 11.6 Å². The summed E-state index contributed by atoms with van der Waals surface area (Å²) in [6, 6.07) is 16.1. The summed E-state index contributed by atoms with van der Waals surface area (Å²) >= 11 is 5.80. The molecule has 0 heterocycles. The quantitative estimate of drug-likeness (QED) is 0.660. The van der Waals surface area contributed by atoms with Crippen molar-refractivity contribution in [2.45, 2.75) is 0 Å². The van der Waals surface area contributed by atoms with Gasteiger partial charge in [-0.2, -0.15) is 0 Å². The van der Waals surface area contributed by atoms with E-state index in [1.54, 1.807) is 0 Å². The normalized spacial score (nSPS) is 10.8. The lowest BCUT2D eigenvalue weighted by Crippen LogP contribution is -1.85. The number of phenols is 1. The lowest BCUT2D eigenvalue weighted by Gasteiger charge is -2.09. The molecular weight excluding hydrogens is 263 g/mol. The van der Waals surface area contributed by atoms with Gasteiger partial charge in [-0.25, -0.2) is 4.39 Å². The Balaban J connectivity index is 2.33. The van der Waals surface area contributed by atoms with Crippen LogP contribution < -0.4 is 0 Å². The molecule has 0 aliphatic heterocycles. The Morgan fingerprint density at radius 3 is 2.47 bits per heavy atom. The molecule has 0 unspecified atom stereocenters. The molecular formula is C16H10ClFO. The van der Waals surface area contributed by atoms with Crippen LogP contribution in [-0.2, 0) is 0 Å². The second-order valence-electron chi connectivity index (χ2n) is 4.31. The van der Waals surface area contributed by atoms with Crippen molar-refractivity contribution in [1.29, 1.82) is 0 Å². The van der Waals surface area contributed by atoms with E-state index in [2.05, 4.69) is 0 Å². The molecule has 1 N–H and O–H groups in total. The van der Waals surface area contributed by atoms with Crippen LogP contribution in [0.2, 0.25) is 5.02 Å². The van der Waals surface area contributed by atoms with E-state index in [4.69, 9.17) is 11.6 Å². The maximum atomic E-state index is 13.3. The third-order valence-corrected chi connectivity index (χ3v) is 3.41. The molecule has 0 spiro atoms. The Bertz CT molecular complexity index is 763. The molecule has 94 valence electrons. The first-order valence-corrected chi connectivity index (χ1v) is 6.21. The number of rotatable bonds is 1. The summed E-state index contributed by atoms with van der Waals surface area (Å²) in [5.74, 6) is -0.735. The van der Waals surface area contributed by atoms with Gasteiger partial charge in [0.15, 0.2) is 0 Å². The minimum Gasteiger partial charge on any atom is -0.507 e. The SMILES string of the molecule is Oc1cc(F)c(Cl)cc1-c1cccc2ccccc12. The highest BCUT2D eigenvalue weighted by Gasteiger charge is 2.11. The zero-order valence-corrected chi connectivity index (χ0v) is 10.7. The van der Waals surface area contributed by atoms with Crippen LogP contribution in [0.5, 0.6) is 5.75 Å². The topological polar surface area (TPSA) is 20.2 Å². The van der Waals surface area contributed by atoms with Gasteiger partial charge in [-0.15, -0.1) is 0 Å². The Morgan fingerprint density at radius 1 is 0.895 bits per heavy atom. The van der Waals surface area contributed by atoms with Crippen molar-refractivity contribution >= 4 is 22.4 Å². The van der Waals surface area contributed by atoms with Crippen LogP contribution in [-0.4, -0.2) is 5.11 Å². The zero-order chi connectivity index (χ0) is 13.4. The van der Waals surface area contributed by atoms with Crippen LogP contribution in [0.15, 0.2) is 54.6 Å². The number of aromatic hydroxyl groups is 1. The van der Waals surface area contributed by atoms with Crippen LogP contribution in [0.25, 0.3) is 21.9 Å². The number of fused-ring (bicyclic) bond motifs is 1. The van der Waals surface area contributed by atoms with Gasteiger partial charge in [0.05, 0.1) is 5.02 Å². The summed E-state index contributed by atoms with van der Waals surface area (Å²) in [4.78, 5) is 0. The molecule has 0 aliphatic rings. The Hall–Kier alpha value is -2.06. The van der Waals surface area contributed by atoms with E-state index in [0.717, 1.165) is 22.4 Å². The van der Waals surface area contributed by atoms with Gasteiger partial charge in [-0.3, -0.25) is 0 Å². The first-order valence-electron chi connectivity index (χ1n) is 5.83. The average molecular weight is 273 g/mol. The molecule has 3 rings (SSSR count). The predicted molar refractivity (Wildman–Crippen MR) is 76.0 cm³/mol. The molecule has 0 saturated heterocycles. The lowest BCUT2D eigenvalue weighted by molar-refractivity contribution is 0.471. The van der Waals surface area contributed by atoms with Gasteiger partial charge in [0.1, 0.15) is 11.6 Å². The van der Waals surface area contributed by atoms with E-state index in [0.29, 0.717) is 5.56 Å². The second-order valence-corrected chi connectivity index (χ2v) is 4.72. The maximum absolute atomic E-state index is 13.3. The van der Waals surface area contributed by atoms with Crippen LogP contribution in [0.1, 0.15) is 0 Å². The predicted octanol–water partition coefficient (Wildman–Crippen LogP) is 5.00. The minimum atomic E-state index is -0.622. The van der Waals surface area contributed by atoms with Crippen molar-refractivity contribution in [2.24, 2.45) is 0 Å². The standard InChI is InChI=1S/C16H10ClFO/c17-14-8-13(16(19)9-15(14)18)12-7-3-5-10-4-1-2-6-11(10)12/h1-9,19H. The van der Waals surface area contributed by atoms with Gasteiger partial charge in [0.25, 0.3) is 0 Å². The van der Waals surface area contributed by atoms with Gasteiger partial charge in [-0.05, 0) is 22.4 Å². The fourth-order valence-electron chi connectivity index (χ4n) is 2.21. The summed E-state index contributed by atoms with van der Waals surface area (Å²) in [7, 11) is 0. The molecule has 0 radical (unpaired) electrons. The second kappa shape index (κ2) is 4.56. The van der Waals surface area contributed by atoms with E-state index in [-0.39, 0.29) is 10.8 Å². The fraction of sp³-hybridized carbons (Fsp3) is 0. The van der Waals surface area contributed by atoms with Crippen molar-refractivity contribution in [3.8, 4) is 16.9 Å². The Morgan fingerprint density at radius 2 is 1.63 bits per heavy atom. The smallest absolute Gasteiger partial charge is 0.145 e. The van der Waals surface area contributed by atoms with E-state index in [9.17, 15) is 9.50 Å². The molecule has 3 heteroatoms. The highest BCUT2D eigenvalue weighted by atomic mass is 35.5. The van der Waals surface area contributed by atoms with E-state index >= 15 is 0 Å². The molecule has 0 aliphatic carbocycles. The number of halogens is 2. The van der Waals surface area contributed by atoms with Crippen LogP contribution >= 0.6 is 11.6 Å². The highest BCUT2D eigenvalue weighted by molar-refractivity contribution is 6.31. The first-order chi connectivity index (χ1) is 9.16. The van der Waals surface area contributed by atoms with Crippen molar-refractivity contribution in [3.05, 3.63) is 65.4 Å². The Labute approximate surface area is 114 Å². The number of phenolic OH excluding ortho intramolecular Hbond substituents is 1. The molecule has 19 heavy (non-hydrogen) atoms. The molecule has 0 aromatic heterocycles. The molecule has 0 atom stereocenters. The van der Waals surface area contributed by atoms with Crippen LogP contribution in [0.4, 0.5) is 4.39 Å². The van der Waals surface area contributed by atoms with Crippen LogP contribution in [0.3, 0.4) is 0 Å². The van der Waals surface area contributed by atoms with Gasteiger partial charge < -0.3 is 5.11 Å². The summed E-state index contributed by atoms with van der Waals surface area (Å²) in [5, 5.41) is 12.0.